The Morgan fingerprint density at radius 2 is 1.80 bits per heavy atom. The molecular formula is C13H19NO. The Balaban J connectivity index is 1.96. The molecule has 0 amide bonds. The normalized spacial score (nSPS) is 19.3. The van der Waals surface area contributed by atoms with Crippen LogP contribution in [0.15, 0.2) is 30.3 Å². The smallest absolute Gasteiger partial charge is 0.0590 e. The Hall–Kier alpha value is -0.860. The molecule has 2 heteroatoms. The lowest BCUT2D eigenvalue weighted by atomic mass is 10.1. The lowest BCUT2D eigenvalue weighted by molar-refractivity contribution is 0.145. The van der Waals surface area contributed by atoms with Gasteiger partial charge in [0.05, 0.1) is 6.61 Å². The molecule has 1 aromatic carbocycles. The van der Waals surface area contributed by atoms with Crippen molar-refractivity contribution in [2.24, 2.45) is 0 Å². The van der Waals surface area contributed by atoms with Crippen molar-refractivity contribution < 1.29 is 5.11 Å². The third-order valence-electron chi connectivity index (χ3n) is 3.18. The van der Waals surface area contributed by atoms with Crippen molar-refractivity contribution in [1.29, 1.82) is 0 Å². The summed E-state index contributed by atoms with van der Waals surface area (Å²) < 4.78 is 0. The summed E-state index contributed by atoms with van der Waals surface area (Å²) in [6.07, 6.45) is 3.54. The minimum absolute atomic E-state index is 0.273. The van der Waals surface area contributed by atoms with Crippen LogP contribution in [0.5, 0.6) is 0 Å². The zero-order valence-corrected chi connectivity index (χ0v) is 9.10. The highest BCUT2D eigenvalue weighted by Crippen LogP contribution is 2.15. The largest absolute Gasteiger partial charge is 0.395 e. The molecule has 2 rings (SSSR count). The Labute approximate surface area is 91.5 Å². The van der Waals surface area contributed by atoms with Crippen molar-refractivity contribution in [3.05, 3.63) is 35.9 Å². The molecule has 0 bridgehead atoms. The molecule has 1 N–H and O–H groups in total. The fourth-order valence-electron chi connectivity index (χ4n) is 2.30. The van der Waals surface area contributed by atoms with E-state index in [9.17, 15) is 5.11 Å². The Kier molecular flexibility index (Phi) is 3.75. The predicted octanol–water partition coefficient (Wildman–Crippen LogP) is 1.69. The van der Waals surface area contributed by atoms with E-state index in [1.807, 2.05) is 6.07 Å². The van der Waals surface area contributed by atoms with Crippen molar-refractivity contribution in [2.75, 3.05) is 19.7 Å². The first-order valence-electron chi connectivity index (χ1n) is 5.79. The molecule has 0 radical (unpaired) electrons. The number of aliphatic hydroxyl groups is 1. The molecule has 0 aliphatic carbocycles. The van der Waals surface area contributed by atoms with Crippen molar-refractivity contribution in [3.8, 4) is 0 Å². The van der Waals surface area contributed by atoms with Crippen LogP contribution in [0.25, 0.3) is 0 Å². The van der Waals surface area contributed by atoms with E-state index in [2.05, 4.69) is 29.2 Å². The number of aliphatic hydroxyl groups excluding tert-OH is 1. The molecular weight excluding hydrogens is 186 g/mol. The van der Waals surface area contributed by atoms with Gasteiger partial charge in [-0.15, -0.1) is 0 Å². The molecule has 1 saturated heterocycles. The van der Waals surface area contributed by atoms with Gasteiger partial charge in [-0.2, -0.15) is 0 Å². The van der Waals surface area contributed by atoms with Gasteiger partial charge in [-0.25, -0.2) is 0 Å². The second-order valence-corrected chi connectivity index (χ2v) is 4.27. The minimum Gasteiger partial charge on any atom is -0.395 e. The molecule has 1 aliphatic rings. The van der Waals surface area contributed by atoms with Gasteiger partial charge in [-0.1, -0.05) is 30.3 Å². The number of rotatable bonds is 4. The Morgan fingerprint density at radius 1 is 1.13 bits per heavy atom. The lowest BCUT2D eigenvalue weighted by Gasteiger charge is -2.25. The first kappa shape index (κ1) is 10.7. The first-order chi connectivity index (χ1) is 7.40. The maximum atomic E-state index is 9.41. The van der Waals surface area contributed by atoms with E-state index >= 15 is 0 Å². The molecule has 1 fully saturated rings. The van der Waals surface area contributed by atoms with Gasteiger partial charge in [0.25, 0.3) is 0 Å². The van der Waals surface area contributed by atoms with Crippen molar-refractivity contribution >= 4 is 0 Å². The third-order valence-corrected chi connectivity index (χ3v) is 3.18. The summed E-state index contributed by atoms with van der Waals surface area (Å²) in [6.45, 7) is 2.57. The molecule has 82 valence electrons. The molecule has 1 atom stereocenters. The predicted molar refractivity (Wildman–Crippen MR) is 61.8 cm³/mol. The standard InChI is InChI=1S/C13H19NO/c15-11-13(14-8-4-5-9-14)10-12-6-2-1-3-7-12/h1-3,6-7,13,15H,4-5,8-11H2/t13-/m1/s1. The van der Waals surface area contributed by atoms with Crippen LogP contribution in [0.2, 0.25) is 0 Å². The molecule has 15 heavy (non-hydrogen) atoms. The fraction of sp³-hybridized carbons (Fsp3) is 0.538. The number of benzene rings is 1. The van der Waals surface area contributed by atoms with Gasteiger partial charge in [0.1, 0.15) is 0 Å². The Bertz CT molecular complexity index is 280. The highest BCUT2D eigenvalue weighted by molar-refractivity contribution is 5.16. The highest BCUT2D eigenvalue weighted by Gasteiger charge is 2.20. The molecule has 0 spiro atoms. The number of nitrogens with zero attached hydrogens (tertiary/aromatic N) is 1. The maximum Gasteiger partial charge on any atom is 0.0590 e. The van der Waals surface area contributed by atoms with Crippen LogP contribution in [0, 0.1) is 0 Å². The molecule has 0 unspecified atom stereocenters. The second kappa shape index (κ2) is 5.29. The number of likely N-dealkylation sites (tertiary alicyclic amines) is 1. The highest BCUT2D eigenvalue weighted by atomic mass is 16.3. The van der Waals surface area contributed by atoms with Gasteiger partial charge < -0.3 is 5.11 Å². The third kappa shape index (κ3) is 2.80. The zero-order valence-electron chi connectivity index (χ0n) is 9.10. The summed E-state index contributed by atoms with van der Waals surface area (Å²) in [5.41, 5.74) is 1.32. The van der Waals surface area contributed by atoms with E-state index in [1.54, 1.807) is 0 Å². The minimum atomic E-state index is 0.273. The summed E-state index contributed by atoms with van der Waals surface area (Å²) in [5.74, 6) is 0. The van der Waals surface area contributed by atoms with E-state index < -0.39 is 0 Å². The quantitative estimate of drug-likeness (QED) is 0.808. The van der Waals surface area contributed by atoms with Crippen molar-refractivity contribution in [3.63, 3.8) is 0 Å². The SMILES string of the molecule is OC[C@@H](Cc1ccccc1)N1CCCC1. The molecule has 1 aromatic rings. The van der Waals surface area contributed by atoms with Crippen molar-refractivity contribution in [2.45, 2.75) is 25.3 Å². The lowest BCUT2D eigenvalue weighted by Crippen LogP contribution is -2.37. The van der Waals surface area contributed by atoms with E-state index in [0.717, 1.165) is 19.5 Å². The summed E-state index contributed by atoms with van der Waals surface area (Å²) in [7, 11) is 0. The number of hydrogen-bond donors (Lipinski definition) is 1. The van der Waals surface area contributed by atoms with Crippen LogP contribution in [0.1, 0.15) is 18.4 Å². The number of hydrogen-bond acceptors (Lipinski definition) is 2. The second-order valence-electron chi connectivity index (χ2n) is 4.27. The summed E-state index contributed by atoms with van der Waals surface area (Å²) in [5, 5.41) is 9.41. The van der Waals surface area contributed by atoms with Gasteiger partial charge in [0.2, 0.25) is 0 Å². The van der Waals surface area contributed by atoms with Gasteiger partial charge in [0, 0.05) is 6.04 Å². The van der Waals surface area contributed by atoms with E-state index in [0.29, 0.717) is 6.04 Å². The van der Waals surface area contributed by atoms with E-state index in [4.69, 9.17) is 0 Å². The fourth-order valence-corrected chi connectivity index (χ4v) is 2.30. The van der Waals surface area contributed by atoms with Gasteiger partial charge >= 0.3 is 0 Å². The summed E-state index contributed by atoms with van der Waals surface area (Å²) in [4.78, 5) is 2.41. The monoisotopic (exact) mass is 205 g/mol. The van der Waals surface area contributed by atoms with Crippen LogP contribution in [0.3, 0.4) is 0 Å². The van der Waals surface area contributed by atoms with Gasteiger partial charge in [-0.05, 0) is 37.9 Å². The van der Waals surface area contributed by atoms with E-state index in [1.165, 1.54) is 18.4 Å². The molecule has 2 nitrogen and oxygen atoms in total. The summed E-state index contributed by atoms with van der Waals surface area (Å²) in [6, 6.07) is 10.8. The van der Waals surface area contributed by atoms with Gasteiger partial charge in [-0.3, -0.25) is 4.90 Å². The molecule has 1 heterocycles. The van der Waals surface area contributed by atoms with Gasteiger partial charge in [0.15, 0.2) is 0 Å². The Morgan fingerprint density at radius 3 is 2.40 bits per heavy atom. The van der Waals surface area contributed by atoms with Crippen LogP contribution in [-0.2, 0) is 6.42 Å². The van der Waals surface area contributed by atoms with Crippen LogP contribution < -0.4 is 0 Å². The van der Waals surface area contributed by atoms with Crippen LogP contribution in [0.4, 0.5) is 0 Å². The summed E-state index contributed by atoms with van der Waals surface area (Å²) >= 11 is 0. The van der Waals surface area contributed by atoms with Crippen molar-refractivity contribution in [1.82, 2.24) is 4.90 Å². The maximum absolute atomic E-state index is 9.41. The molecule has 1 aliphatic heterocycles. The molecule has 0 saturated carbocycles. The molecule has 0 aromatic heterocycles. The van der Waals surface area contributed by atoms with Crippen LogP contribution in [-0.4, -0.2) is 35.7 Å². The van der Waals surface area contributed by atoms with E-state index in [-0.39, 0.29) is 6.61 Å². The van der Waals surface area contributed by atoms with Crippen LogP contribution >= 0.6 is 0 Å². The first-order valence-corrected chi connectivity index (χ1v) is 5.79. The average molecular weight is 205 g/mol. The average Bonchev–Trinajstić information content (AvgIpc) is 2.81. The zero-order chi connectivity index (χ0) is 10.5. The topological polar surface area (TPSA) is 23.5 Å².